The molecule has 0 amide bonds. The minimum atomic E-state index is -3.85. The summed E-state index contributed by atoms with van der Waals surface area (Å²) in [5.74, 6) is 0. The van der Waals surface area contributed by atoms with Crippen molar-refractivity contribution in [2.45, 2.75) is 4.90 Å². The maximum atomic E-state index is 11.3. The molecule has 0 aliphatic carbocycles. The second kappa shape index (κ2) is 4.28. The molecular weight excluding hydrogens is 246 g/mol. The molecule has 1 heterocycles. The highest BCUT2D eigenvalue weighted by Crippen LogP contribution is 2.25. The van der Waals surface area contributed by atoms with Crippen LogP contribution in [0.25, 0.3) is 11.0 Å². The van der Waals surface area contributed by atoms with E-state index in [1.54, 1.807) is 6.07 Å². The Morgan fingerprint density at radius 3 is 2.65 bits per heavy atom. The summed E-state index contributed by atoms with van der Waals surface area (Å²) in [6.45, 7) is 0.959. The van der Waals surface area contributed by atoms with E-state index in [-0.39, 0.29) is 10.4 Å². The average Bonchev–Trinajstić information content (AvgIpc) is 2.72. The minimum Gasteiger partial charge on any atom is -0.382 e. The summed E-state index contributed by atoms with van der Waals surface area (Å²) in [4.78, 5) is -0.118. The molecule has 0 fully saturated rings. The van der Waals surface area contributed by atoms with Gasteiger partial charge < -0.3 is 11.1 Å². The highest BCUT2D eigenvalue weighted by molar-refractivity contribution is 7.89. The number of hydrogen-bond donors (Lipinski definition) is 3. The molecule has 1 aromatic heterocycles. The molecule has 0 unspecified atom stereocenters. The zero-order valence-corrected chi connectivity index (χ0v) is 9.57. The van der Waals surface area contributed by atoms with E-state index >= 15 is 0 Å². The van der Waals surface area contributed by atoms with Gasteiger partial charge in [0, 0.05) is 13.1 Å². The number of hydrogen-bond acceptors (Lipinski definition) is 7. The average molecular weight is 257 g/mol. The second-order valence-corrected chi connectivity index (χ2v) is 4.86. The highest BCUT2D eigenvalue weighted by atomic mass is 32.2. The van der Waals surface area contributed by atoms with Gasteiger partial charge in [0.2, 0.25) is 10.0 Å². The Balaban J connectivity index is 2.59. The molecule has 0 atom stereocenters. The van der Waals surface area contributed by atoms with Gasteiger partial charge in [-0.1, -0.05) is 0 Å². The molecule has 0 spiro atoms. The standard InChI is InChI=1S/C8H11N5O3S/c9-3-4-11-5-1-2-6(17(10,14)15)8-7(5)12-16-13-8/h1-2,11H,3-4,9H2,(H2,10,14,15). The maximum absolute atomic E-state index is 11.3. The fourth-order valence-electron chi connectivity index (χ4n) is 1.42. The van der Waals surface area contributed by atoms with Crippen LogP contribution in [0.4, 0.5) is 5.69 Å². The zero-order chi connectivity index (χ0) is 12.5. The topological polar surface area (TPSA) is 137 Å². The molecule has 0 saturated heterocycles. The number of rotatable bonds is 4. The van der Waals surface area contributed by atoms with Crippen LogP contribution in [0.15, 0.2) is 21.7 Å². The molecule has 0 aliphatic heterocycles. The van der Waals surface area contributed by atoms with Gasteiger partial charge in [-0.2, -0.15) is 0 Å². The van der Waals surface area contributed by atoms with Gasteiger partial charge in [0.15, 0.2) is 11.0 Å². The van der Waals surface area contributed by atoms with Crippen molar-refractivity contribution in [1.29, 1.82) is 0 Å². The third kappa shape index (κ3) is 2.20. The van der Waals surface area contributed by atoms with Crippen LogP contribution in [0.1, 0.15) is 0 Å². The SMILES string of the molecule is NCCNc1ccc(S(N)(=O)=O)c2nonc12. The van der Waals surface area contributed by atoms with Gasteiger partial charge in [0.25, 0.3) is 0 Å². The molecule has 0 aliphatic rings. The molecule has 0 bridgehead atoms. The Bertz CT molecular complexity index is 636. The number of nitrogens with one attached hydrogen (secondary N) is 1. The molecule has 9 heteroatoms. The lowest BCUT2D eigenvalue weighted by molar-refractivity contribution is 0.315. The summed E-state index contributed by atoms with van der Waals surface area (Å²) in [6, 6.07) is 2.89. The van der Waals surface area contributed by atoms with Gasteiger partial charge in [0.1, 0.15) is 4.90 Å². The maximum Gasteiger partial charge on any atom is 0.240 e. The summed E-state index contributed by atoms with van der Waals surface area (Å²) < 4.78 is 27.1. The van der Waals surface area contributed by atoms with Crippen LogP contribution in [-0.2, 0) is 10.0 Å². The molecule has 17 heavy (non-hydrogen) atoms. The van der Waals surface area contributed by atoms with E-state index in [4.69, 9.17) is 10.9 Å². The predicted molar refractivity (Wildman–Crippen MR) is 60.7 cm³/mol. The van der Waals surface area contributed by atoms with Gasteiger partial charge in [-0.3, -0.25) is 0 Å². The van der Waals surface area contributed by atoms with Gasteiger partial charge in [-0.25, -0.2) is 18.2 Å². The highest BCUT2D eigenvalue weighted by Gasteiger charge is 2.18. The minimum absolute atomic E-state index is 0.106. The second-order valence-electron chi connectivity index (χ2n) is 3.33. The molecule has 2 aromatic rings. The third-order valence-corrected chi connectivity index (χ3v) is 3.09. The zero-order valence-electron chi connectivity index (χ0n) is 8.75. The summed E-state index contributed by atoms with van der Waals surface area (Å²) in [7, 11) is -3.85. The molecule has 5 N–H and O–H groups in total. The number of primary sulfonamides is 1. The number of fused-ring (bicyclic) bond motifs is 1. The molecule has 92 valence electrons. The first-order chi connectivity index (χ1) is 8.04. The van der Waals surface area contributed by atoms with Crippen LogP contribution in [-0.4, -0.2) is 31.8 Å². The summed E-state index contributed by atoms with van der Waals surface area (Å²) in [5.41, 5.74) is 6.37. The molecule has 8 nitrogen and oxygen atoms in total. The lowest BCUT2D eigenvalue weighted by atomic mass is 10.2. The van der Waals surface area contributed by atoms with Crippen molar-refractivity contribution < 1.29 is 13.0 Å². The quantitative estimate of drug-likeness (QED) is 0.654. The van der Waals surface area contributed by atoms with Crippen LogP contribution in [0.2, 0.25) is 0 Å². The monoisotopic (exact) mass is 257 g/mol. The van der Waals surface area contributed by atoms with E-state index in [0.29, 0.717) is 24.3 Å². The number of nitrogens with zero attached hydrogens (tertiary/aromatic N) is 2. The van der Waals surface area contributed by atoms with E-state index in [1.807, 2.05) is 0 Å². The largest absolute Gasteiger partial charge is 0.382 e. The van der Waals surface area contributed by atoms with Crippen LogP contribution < -0.4 is 16.2 Å². The number of benzene rings is 1. The van der Waals surface area contributed by atoms with Crippen molar-refractivity contribution in [1.82, 2.24) is 10.3 Å². The Hall–Kier alpha value is -1.71. The molecule has 2 rings (SSSR count). The van der Waals surface area contributed by atoms with E-state index < -0.39 is 10.0 Å². The van der Waals surface area contributed by atoms with Crippen molar-refractivity contribution in [2.75, 3.05) is 18.4 Å². The summed E-state index contributed by atoms with van der Waals surface area (Å²) in [6.07, 6.45) is 0. The Morgan fingerprint density at radius 1 is 1.29 bits per heavy atom. The summed E-state index contributed by atoms with van der Waals surface area (Å²) >= 11 is 0. The van der Waals surface area contributed by atoms with Crippen molar-refractivity contribution in [2.24, 2.45) is 10.9 Å². The third-order valence-electron chi connectivity index (χ3n) is 2.14. The van der Waals surface area contributed by atoms with Crippen LogP contribution >= 0.6 is 0 Å². The van der Waals surface area contributed by atoms with E-state index in [0.717, 1.165) is 0 Å². The Morgan fingerprint density at radius 2 is 2.00 bits per heavy atom. The van der Waals surface area contributed by atoms with Crippen molar-refractivity contribution in [3.8, 4) is 0 Å². The van der Waals surface area contributed by atoms with E-state index in [2.05, 4.69) is 20.3 Å². The molecule has 0 saturated carbocycles. The van der Waals surface area contributed by atoms with Crippen LogP contribution in [0.5, 0.6) is 0 Å². The number of nitrogens with two attached hydrogens (primary N) is 2. The first-order valence-electron chi connectivity index (χ1n) is 4.76. The lowest BCUT2D eigenvalue weighted by Gasteiger charge is -2.05. The van der Waals surface area contributed by atoms with Gasteiger partial charge in [0.05, 0.1) is 5.69 Å². The predicted octanol–water partition coefficient (Wildman–Crippen LogP) is -0.759. The van der Waals surface area contributed by atoms with Crippen LogP contribution in [0.3, 0.4) is 0 Å². The van der Waals surface area contributed by atoms with E-state index in [9.17, 15) is 8.42 Å². The first kappa shape index (κ1) is 11.8. The number of sulfonamides is 1. The number of anilines is 1. The van der Waals surface area contributed by atoms with Crippen molar-refractivity contribution in [3.05, 3.63) is 12.1 Å². The smallest absolute Gasteiger partial charge is 0.240 e. The number of aromatic nitrogens is 2. The lowest BCUT2D eigenvalue weighted by Crippen LogP contribution is -2.15. The van der Waals surface area contributed by atoms with Crippen molar-refractivity contribution >= 4 is 26.7 Å². The van der Waals surface area contributed by atoms with Gasteiger partial charge >= 0.3 is 0 Å². The molecular formula is C8H11N5O3S. The molecule has 0 radical (unpaired) electrons. The molecule has 1 aromatic carbocycles. The Labute approximate surface area is 97.0 Å². The first-order valence-corrected chi connectivity index (χ1v) is 6.30. The summed E-state index contributed by atoms with van der Waals surface area (Å²) in [5, 5.41) is 15.2. The normalized spacial score (nSPS) is 11.9. The van der Waals surface area contributed by atoms with Crippen LogP contribution in [0, 0.1) is 0 Å². The van der Waals surface area contributed by atoms with Gasteiger partial charge in [-0.05, 0) is 22.4 Å². The fraction of sp³-hybridized carbons (Fsp3) is 0.250. The fourth-order valence-corrected chi connectivity index (χ4v) is 2.08. The van der Waals surface area contributed by atoms with Gasteiger partial charge in [-0.15, -0.1) is 0 Å². The van der Waals surface area contributed by atoms with E-state index in [1.165, 1.54) is 6.07 Å². The Kier molecular flexibility index (Phi) is 2.96. The van der Waals surface area contributed by atoms with Crippen molar-refractivity contribution in [3.63, 3.8) is 0 Å².